The third-order valence-electron chi connectivity index (χ3n) is 2.26. The van der Waals surface area contributed by atoms with Crippen LogP contribution in [-0.2, 0) is 6.42 Å². The standard InChI is InChI=1S/C12H13BrN2S/c1-9-2-3-11(10(13)8-9)14-5-4-12-15-6-7-16-12/h2-3,6-8,14H,4-5H2,1H3. The summed E-state index contributed by atoms with van der Waals surface area (Å²) in [5.74, 6) is 0. The Kier molecular flexibility index (Phi) is 3.96. The molecule has 0 aliphatic heterocycles. The molecule has 0 bridgehead atoms. The molecular formula is C12H13BrN2S. The van der Waals surface area contributed by atoms with Crippen LogP contribution in [0, 0.1) is 6.92 Å². The minimum atomic E-state index is 0.912. The SMILES string of the molecule is Cc1ccc(NCCc2nccs2)c(Br)c1. The number of aromatic nitrogens is 1. The normalized spacial score (nSPS) is 10.4. The Morgan fingerprint density at radius 3 is 3.00 bits per heavy atom. The maximum atomic E-state index is 4.25. The van der Waals surface area contributed by atoms with E-state index in [2.05, 4.69) is 51.4 Å². The molecule has 1 heterocycles. The number of anilines is 1. The lowest BCUT2D eigenvalue weighted by atomic mass is 10.2. The second kappa shape index (κ2) is 5.46. The van der Waals surface area contributed by atoms with Gasteiger partial charge in [-0.2, -0.15) is 0 Å². The molecule has 0 saturated heterocycles. The van der Waals surface area contributed by atoms with Crippen molar-refractivity contribution in [3.8, 4) is 0 Å². The van der Waals surface area contributed by atoms with Crippen molar-refractivity contribution in [2.45, 2.75) is 13.3 Å². The van der Waals surface area contributed by atoms with Crippen LogP contribution in [0.2, 0.25) is 0 Å². The molecular weight excluding hydrogens is 284 g/mol. The van der Waals surface area contributed by atoms with Crippen molar-refractivity contribution >= 4 is 33.0 Å². The summed E-state index contributed by atoms with van der Waals surface area (Å²) in [5, 5.41) is 6.59. The molecule has 1 N–H and O–H groups in total. The molecule has 16 heavy (non-hydrogen) atoms. The van der Waals surface area contributed by atoms with Gasteiger partial charge in [0.25, 0.3) is 0 Å². The van der Waals surface area contributed by atoms with Crippen LogP contribution < -0.4 is 5.32 Å². The lowest BCUT2D eigenvalue weighted by molar-refractivity contribution is 0.997. The molecule has 4 heteroatoms. The Labute approximate surface area is 108 Å². The van der Waals surface area contributed by atoms with E-state index in [0.29, 0.717) is 0 Å². The van der Waals surface area contributed by atoms with Crippen molar-refractivity contribution in [2.24, 2.45) is 0 Å². The Bertz CT molecular complexity index is 454. The minimum absolute atomic E-state index is 0.912. The summed E-state index contributed by atoms with van der Waals surface area (Å²) >= 11 is 5.25. The fraction of sp³-hybridized carbons (Fsp3) is 0.250. The van der Waals surface area contributed by atoms with Gasteiger partial charge >= 0.3 is 0 Å². The topological polar surface area (TPSA) is 24.9 Å². The van der Waals surface area contributed by atoms with Crippen molar-refractivity contribution in [1.82, 2.24) is 4.98 Å². The summed E-state index contributed by atoms with van der Waals surface area (Å²) in [7, 11) is 0. The average Bonchev–Trinajstić information content (AvgIpc) is 2.74. The summed E-state index contributed by atoms with van der Waals surface area (Å²) < 4.78 is 1.12. The first-order chi connectivity index (χ1) is 7.75. The Balaban J connectivity index is 1.90. The summed E-state index contributed by atoms with van der Waals surface area (Å²) in [6.45, 7) is 3.00. The van der Waals surface area contributed by atoms with Crippen molar-refractivity contribution in [3.63, 3.8) is 0 Å². The number of benzene rings is 1. The number of hydrogen-bond acceptors (Lipinski definition) is 3. The van der Waals surface area contributed by atoms with Crippen LogP contribution in [0.5, 0.6) is 0 Å². The molecule has 2 nitrogen and oxygen atoms in total. The first-order valence-corrected chi connectivity index (χ1v) is 6.81. The predicted octanol–water partition coefficient (Wildman–Crippen LogP) is 3.87. The third-order valence-corrected chi connectivity index (χ3v) is 3.76. The van der Waals surface area contributed by atoms with Crippen LogP contribution in [0.3, 0.4) is 0 Å². The predicted molar refractivity (Wildman–Crippen MR) is 73.2 cm³/mol. The van der Waals surface area contributed by atoms with Crippen LogP contribution >= 0.6 is 27.3 Å². The van der Waals surface area contributed by atoms with Crippen LogP contribution in [0.25, 0.3) is 0 Å². The van der Waals surface area contributed by atoms with Gasteiger partial charge in [0.2, 0.25) is 0 Å². The maximum Gasteiger partial charge on any atom is 0.0942 e. The highest BCUT2D eigenvalue weighted by Gasteiger charge is 2.00. The number of nitrogens with zero attached hydrogens (tertiary/aromatic N) is 1. The molecule has 0 spiro atoms. The van der Waals surface area contributed by atoms with Gasteiger partial charge in [-0.3, -0.25) is 0 Å². The second-order valence-electron chi connectivity index (χ2n) is 3.59. The van der Waals surface area contributed by atoms with Crippen molar-refractivity contribution in [3.05, 3.63) is 44.8 Å². The Hall–Kier alpha value is -0.870. The maximum absolute atomic E-state index is 4.25. The van der Waals surface area contributed by atoms with E-state index in [-0.39, 0.29) is 0 Å². The summed E-state index contributed by atoms with van der Waals surface area (Å²) in [6.07, 6.45) is 2.82. The third kappa shape index (κ3) is 3.06. The van der Waals surface area contributed by atoms with E-state index in [1.165, 1.54) is 10.6 Å². The molecule has 2 aromatic rings. The monoisotopic (exact) mass is 296 g/mol. The molecule has 0 atom stereocenters. The van der Waals surface area contributed by atoms with Crippen molar-refractivity contribution < 1.29 is 0 Å². The zero-order valence-corrected chi connectivity index (χ0v) is 11.4. The van der Waals surface area contributed by atoms with Gasteiger partial charge in [-0.1, -0.05) is 6.07 Å². The first-order valence-electron chi connectivity index (χ1n) is 5.14. The smallest absolute Gasteiger partial charge is 0.0942 e. The highest BCUT2D eigenvalue weighted by Crippen LogP contribution is 2.23. The zero-order valence-electron chi connectivity index (χ0n) is 9.03. The quantitative estimate of drug-likeness (QED) is 0.926. The number of thiazole rings is 1. The Morgan fingerprint density at radius 1 is 1.44 bits per heavy atom. The fourth-order valence-corrected chi connectivity index (χ4v) is 2.70. The summed E-state index contributed by atoms with van der Waals surface area (Å²) in [6, 6.07) is 6.32. The van der Waals surface area contributed by atoms with Gasteiger partial charge in [-0.05, 0) is 40.5 Å². The van der Waals surface area contributed by atoms with Gasteiger partial charge in [0.05, 0.1) is 5.01 Å². The second-order valence-corrected chi connectivity index (χ2v) is 5.42. The molecule has 0 radical (unpaired) electrons. The number of nitrogens with one attached hydrogen (secondary N) is 1. The molecule has 0 amide bonds. The molecule has 0 fully saturated rings. The van der Waals surface area contributed by atoms with Gasteiger partial charge in [0.15, 0.2) is 0 Å². The molecule has 0 saturated carbocycles. The molecule has 1 aromatic heterocycles. The fourth-order valence-electron chi connectivity index (χ4n) is 1.44. The lowest BCUT2D eigenvalue weighted by Crippen LogP contribution is -2.05. The molecule has 84 valence electrons. The number of hydrogen-bond donors (Lipinski definition) is 1. The van der Waals surface area contributed by atoms with E-state index < -0.39 is 0 Å². The van der Waals surface area contributed by atoms with E-state index in [9.17, 15) is 0 Å². The minimum Gasteiger partial charge on any atom is -0.384 e. The van der Waals surface area contributed by atoms with Crippen LogP contribution in [0.1, 0.15) is 10.6 Å². The number of rotatable bonds is 4. The van der Waals surface area contributed by atoms with E-state index >= 15 is 0 Å². The van der Waals surface area contributed by atoms with Gasteiger partial charge in [-0.25, -0.2) is 4.98 Å². The molecule has 2 rings (SSSR count). The van der Waals surface area contributed by atoms with Gasteiger partial charge < -0.3 is 5.32 Å². The highest BCUT2D eigenvalue weighted by atomic mass is 79.9. The molecule has 0 aliphatic rings. The van der Waals surface area contributed by atoms with Gasteiger partial charge in [0.1, 0.15) is 0 Å². The van der Waals surface area contributed by atoms with Gasteiger partial charge in [-0.15, -0.1) is 11.3 Å². The first kappa shape index (κ1) is 11.6. The largest absolute Gasteiger partial charge is 0.384 e. The van der Waals surface area contributed by atoms with Crippen molar-refractivity contribution in [1.29, 1.82) is 0 Å². The van der Waals surface area contributed by atoms with E-state index in [1.54, 1.807) is 11.3 Å². The van der Waals surface area contributed by atoms with E-state index in [4.69, 9.17) is 0 Å². The number of aryl methyl sites for hydroxylation is 1. The van der Waals surface area contributed by atoms with Crippen molar-refractivity contribution in [2.75, 3.05) is 11.9 Å². The summed E-state index contributed by atoms with van der Waals surface area (Å²) in [4.78, 5) is 4.25. The Morgan fingerprint density at radius 2 is 2.31 bits per heavy atom. The molecule has 0 unspecified atom stereocenters. The van der Waals surface area contributed by atoms with Crippen LogP contribution in [0.15, 0.2) is 34.2 Å². The van der Waals surface area contributed by atoms with E-state index in [1.807, 2.05) is 11.6 Å². The van der Waals surface area contributed by atoms with Crippen LogP contribution in [-0.4, -0.2) is 11.5 Å². The summed E-state index contributed by atoms with van der Waals surface area (Å²) in [5.41, 5.74) is 2.40. The van der Waals surface area contributed by atoms with Crippen LogP contribution in [0.4, 0.5) is 5.69 Å². The zero-order chi connectivity index (χ0) is 11.4. The van der Waals surface area contributed by atoms with E-state index in [0.717, 1.165) is 23.1 Å². The highest BCUT2D eigenvalue weighted by molar-refractivity contribution is 9.10. The number of halogens is 1. The molecule has 0 aliphatic carbocycles. The average molecular weight is 297 g/mol. The molecule has 1 aromatic carbocycles. The van der Waals surface area contributed by atoms with Gasteiger partial charge in [0, 0.05) is 34.7 Å². The lowest BCUT2D eigenvalue weighted by Gasteiger charge is -2.08.